The Balaban J connectivity index is 1.57. The highest BCUT2D eigenvalue weighted by atomic mass is 35.5. The van der Waals surface area contributed by atoms with Gasteiger partial charge in [0.2, 0.25) is 0 Å². The van der Waals surface area contributed by atoms with Crippen LogP contribution in [0.1, 0.15) is 36.5 Å². The average Bonchev–Trinajstić information content (AvgIpc) is 3.26. The van der Waals surface area contributed by atoms with Crippen molar-refractivity contribution < 1.29 is 9.47 Å². The molecule has 4 aromatic rings. The van der Waals surface area contributed by atoms with Crippen molar-refractivity contribution in [1.29, 1.82) is 0 Å². The fraction of sp³-hybridized carbons (Fsp3) is 0.240. The van der Waals surface area contributed by atoms with Crippen LogP contribution in [0.5, 0.6) is 5.75 Å². The van der Waals surface area contributed by atoms with E-state index in [2.05, 4.69) is 51.8 Å². The Morgan fingerprint density at radius 2 is 2.00 bits per heavy atom. The lowest BCUT2D eigenvalue weighted by atomic mass is 10.0. The zero-order chi connectivity index (χ0) is 22.8. The average molecular weight is 479 g/mol. The number of benzene rings is 2. The summed E-state index contributed by atoms with van der Waals surface area (Å²) in [5.41, 5.74) is 5.19. The van der Waals surface area contributed by atoms with Gasteiger partial charge in [0.15, 0.2) is 17.8 Å². The van der Waals surface area contributed by atoms with Crippen LogP contribution in [0.3, 0.4) is 0 Å². The molecular formula is C25H23ClN4O2S. The minimum Gasteiger partial charge on any atom is -0.467 e. The number of pyridine rings is 1. The van der Waals surface area contributed by atoms with Crippen LogP contribution in [0.2, 0.25) is 5.02 Å². The zero-order valence-electron chi connectivity index (χ0n) is 18.4. The molecular weight excluding hydrogens is 456 g/mol. The fourth-order valence-electron chi connectivity index (χ4n) is 3.95. The van der Waals surface area contributed by atoms with Crippen LogP contribution in [-0.2, 0) is 17.1 Å². The van der Waals surface area contributed by atoms with Crippen molar-refractivity contribution in [3.8, 4) is 22.8 Å². The lowest BCUT2D eigenvalue weighted by Crippen LogP contribution is -2.13. The van der Waals surface area contributed by atoms with Gasteiger partial charge >= 0.3 is 0 Å². The second-order valence-electron chi connectivity index (χ2n) is 8.05. The highest BCUT2D eigenvalue weighted by molar-refractivity contribution is 7.98. The Bertz CT molecular complexity index is 1280. The number of rotatable bonds is 6. The maximum absolute atomic E-state index is 6.37. The first kappa shape index (κ1) is 21.9. The topological polar surface area (TPSA) is 62.1 Å². The van der Waals surface area contributed by atoms with Crippen molar-refractivity contribution in [2.24, 2.45) is 0 Å². The third-order valence-electron chi connectivity index (χ3n) is 5.46. The van der Waals surface area contributed by atoms with E-state index < -0.39 is 0 Å². The van der Waals surface area contributed by atoms with Crippen LogP contribution < -0.4 is 4.74 Å². The molecule has 0 unspecified atom stereocenters. The van der Waals surface area contributed by atoms with Crippen LogP contribution in [0.4, 0.5) is 0 Å². The van der Waals surface area contributed by atoms with Crippen LogP contribution in [0, 0.1) is 0 Å². The van der Waals surface area contributed by atoms with Crippen LogP contribution in [-0.4, -0.2) is 26.5 Å². The van der Waals surface area contributed by atoms with Crippen molar-refractivity contribution in [2.45, 2.75) is 37.3 Å². The second kappa shape index (κ2) is 9.55. The first-order valence-corrected chi connectivity index (χ1v) is 12.1. The normalized spacial score (nSPS) is 13.1. The van der Waals surface area contributed by atoms with E-state index in [0.717, 1.165) is 39.1 Å². The smallest absolute Gasteiger partial charge is 0.196 e. The van der Waals surface area contributed by atoms with E-state index in [9.17, 15) is 0 Å². The summed E-state index contributed by atoms with van der Waals surface area (Å²) in [6, 6.07) is 16.1. The van der Waals surface area contributed by atoms with Crippen molar-refractivity contribution in [3.05, 3.63) is 82.6 Å². The lowest BCUT2D eigenvalue weighted by molar-refractivity contribution is -0.0168. The van der Waals surface area contributed by atoms with E-state index in [-0.39, 0.29) is 6.79 Å². The SMILES string of the molecule is CC(C)c1ccccc1-n1c(SCc2cc(Cl)cc3c2OCOC3)nnc1-c1cccnc1. The summed E-state index contributed by atoms with van der Waals surface area (Å²) < 4.78 is 13.3. The quantitative estimate of drug-likeness (QED) is 0.304. The van der Waals surface area contributed by atoms with Crippen molar-refractivity contribution in [3.63, 3.8) is 0 Å². The van der Waals surface area contributed by atoms with Gasteiger partial charge in [-0.3, -0.25) is 9.55 Å². The molecule has 0 saturated heterocycles. The molecule has 0 aliphatic carbocycles. The monoisotopic (exact) mass is 478 g/mol. The number of ether oxygens (including phenoxy) is 2. The van der Waals surface area contributed by atoms with Crippen molar-refractivity contribution >= 4 is 23.4 Å². The second-order valence-corrected chi connectivity index (χ2v) is 9.43. The molecule has 0 saturated carbocycles. The molecule has 0 radical (unpaired) electrons. The molecule has 6 nitrogen and oxygen atoms in total. The largest absolute Gasteiger partial charge is 0.467 e. The van der Waals surface area contributed by atoms with Gasteiger partial charge in [-0.15, -0.1) is 10.2 Å². The minimum absolute atomic E-state index is 0.245. The number of halogens is 1. The summed E-state index contributed by atoms with van der Waals surface area (Å²) in [5.74, 6) is 2.59. The summed E-state index contributed by atoms with van der Waals surface area (Å²) in [4.78, 5) is 4.28. The van der Waals surface area contributed by atoms with Gasteiger partial charge in [-0.2, -0.15) is 0 Å². The number of hydrogen-bond acceptors (Lipinski definition) is 6. The predicted molar refractivity (Wildman–Crippen MR) is 130 cm³/mol. The Morgan fingerprint density at radius 1 is 1.12 bits per heavy atom. The van der Waals surface area contributed by atoms with Crippen LogP contribution in [0.25, 0.3) is 17.1 Å². The molecule has 0 bridgehead atoms. The maximum Gasteiger partial charge on any atom is 0.196 e. The highest BCUT2D eigenvalue weighted by Gasteiger charge is 2.21. The van der Waals surface area contributed by atoms with E-state index in [0.29, 0.717) is 23.3 Å². The van der Waals surface area contributed by atoms with Crippen molar-refractivity contribution in [1.82, 2.24) is 19.7 Å². The molecule has 8 heteroatoms. The van der Waals surface area contributed by atoms with E-state index in [1.807, 2.05) is 36.5 Å². The molecule has 2 aromatic heterocycles. The van der Waals surface area contributed by atoms with Gasteiger partial charge in [0, 0.05) is 39.9 Å². The van der Waals surface area contributed by atoms with E-state index >= 15 is 0 Å². The van der Waals surface area contributed by atoms with Crippen LogP contribution >= 0.6 is 23.4 Å². The summed E-state index contributed by atoms with van der Waals surface area (Å²) in [6.07, 6.45) is 3.57. The molecule has 33 heavy (non-hydrogen) atoms. The first-order chi connectivity index (χ1) is 16.1. The minimum atomic E-state index is 0.245. The fourth-order valence-corrected chi connectivity index (χ4v) is 5.12. The number of thioether (sulfide) groups is 1. The summed E-state index contributed by atoms with van der Waals surface area (Å²) in [5, 5.41) is 10.6. The molecule has 0 fully saturated rings. The molecule has 5 rings (SSSR count). The predicted octanol–water partition coefficient (Wildman–Crippen LogP) is 6.26. The molecule has 3 heterocycles. The van der Waals surface area contributed by atoms with Gasteiger partial charge in [0.1, 0.15) is 5.75 Å². The molecule has 0 atom stereocenters. The van der Waals surface area contributed by atoms with E-state index in [4.69, 9.17) is 21.1 Å². The Kier molecular flexibility index (Phi) is 6.35. The number of aromatic nitrogens is 4. The lowest BCUT2D eigenvalue weighted by Gasteiger charge is -2.21. The molecule has 0 spiro atoms. The standard InChI is InChI=1S/C25H23ClN4O2S/c1-16(2)21-7-3-4-8-22(21)30-24(17-6-5-9-27-12-17)28-29-25(30)33-14-19-11-20(26)10-18-13-31-15-32-23(18)19/h3-12,16H,13-15H2,1-2H3. The third-order valence-corrected chi connectivity index (χ3v) is 6.66. The van der Waals surface area contributed by atoms with Gasteiger partial charge < -0.3 is 9.47 Å². The zero-order valence-corrected chi connectivity index (χ0v) is 19.9. The van der Waals surface area contributed by atoms with E-state index in [1.54, 1.807) is 18.0 Å². The van der Waals surface area contributed by atoms with Gasteiger partial charge in [-0.25, -0.2) is 0 Å². The Hall–Kier alpha value is -2.87. The van der Waals surface area contributed by atoms with E-state index in [1.165, 1.54) is 5.56 Å². The maximum atomic E-state index is 6.37. The molecule has 1 aliphatic heterocycles. The highest BCUT2D eigenvalue weighted by Crippen LogP contribution is 2.37. The number of fused-ring (bicyclic) bond motifs is 1. The summed E-state index contributed by atoms with van der Waals surface area (Å²) >= 11 is 7.97. The van der Waals surface area contributed by atoms with Crippen molar-refractivity contribution in [2.75, 3.05) is 6.79 Å². The number of hydrogen-bond donors (Lipinski definition) is 0. The molecule has 168 valence electrons. The van der Waals surface area contributed by atoms with Gasteiger partial charge in [-0.1, -0.05) is 55.4 Å². The number of para-hydroxylation sites is 1. The Labute approximate surface area is 201 Å². The summed E-state index contributed by atoms with van der Waals surface area (Å²) in [6.45, 7) is 5.13. The molecule has 2 aromatic carbocycles. The van der Waals surface area contributed by atoms with Gasteiger partial charge in [-0.05, 0) is 41.8 Å². The summed E-state index contributed by atoms with van der Waals surface area (Å²) in [7, 11) is 0. The molecule has 0 N–H and O–H groups in total. The Morgan fingerprint density at radius 3 is 2.82 bits per heavy atom. The number of nitrogens with zero attached hydrogens (tertiary/aromatic N) is 4. The third kappa shape index (κ3) is 4.49. The van der Waals surface area contributed by atoms with Gasteiger partial charge in [0.05, 0.1) is 12.3 Å². The van der Waals surface area contributed by atoms with Crippen LogP contribution in [0.15, 0.2) is 66.1 Å². The molecule has 1 aliphatic rings. The van der Waals surface area contributed by atoms with Gasteiger partial charge in [0.25, 0.3) is 0 Å². The first-order valence-electron chi connectivity index (χ1n) is 10.7. The molecule has 0 amide bonds.